The van der Waals surface area contributed by atoms with Crippen molar-refractivity contribution in [1.29, 1.82) is 0 Å². The van der Waals surface area contributed by atoms with Crippen molar-refractivity contribution in [2.24, 2.45) is 0 Å². The van der Waals surface area contributed by atoms with Crippen molar-refractivity contribution < 1.29 is 14.3 Å². The van der Waals surface area contributed by atoms with Crippen LogP contribution >= 0.6 is 23.1 Å². The van der Waals surface area contributed by atoms with Gasteiger partial charge in [0.2, 0.25) is 0 Å². The molecule has 6 nitrogen and oxygen atoms in total. The SMILES string of the molecule is CCOC(=O)c1sc2nc(SCc3ccc(C(C)(C)C)cc3)n(C[C@@H]3CCCO3)c(=O)c2c1C. The Bertz CT molecular complexity index is 1230. The lowest BCUT2D eigenvalue weighted by Gasteiger charge is -2.19. The van der Waals surface area contributed by atoms with Gasteiger partial charge < -0.3 is 9.47 Å². The van der Waals surface area contributed by atoms with E-state index in [1.807, 2.05) is 0 Å². The molecular weight excluding hydrogens is 468 g/mol. The van der Waals surface area contributed by atoms with Gasteiger partial charge in [0.1, 0.15) is 9.71 Å². The second-order valence-corrected chi connectivity index (χ2v) is 11.6. The zero-order chi connectivity index (χ0) is 24.5. The molecule has 1 aromatic carbocycles. The number of nitrogens with zero attached hydrogens (tertiary/aromatic N) is 2. The Balaban J connectivity index is 1.69. The number of ether oxygens (including phenoxy) is 2. The minimum Gasteiger partial charge on any atom is -0.462 e. The Morgan fingerprint density at radius 2 is 2.03 bits per heavy atom. The average molecular weight is 501 g/mol. The van der Waals surface area contributed by atoms with Crippen LogP contribution in [-0.2, 0) is 27.2 Å². The van der Waals surface area contributed by atoms with Crippen molar-refractivity contribution in [3.8, 4) is 0 Å². The van der Waals surface area contributed by atoms with Gasteiger partial charge in [-0.05, 0) is 48.8 Å². The van der Waals surface area contributed by atoms with E-state index >= 15 is 0 Å². The van der Waals surface area contributed by atoms with Gasteiger partial charge in [-0.2, -0.15) is 0 Å². The van der Waals surface area contributed by atoms with Gasteiger partial charge in [0.05, 0.1) is 24.6 Å². The molecule has 3 aromatic rings. The molecule has 1 fully saturated rings. The maximum atomic E-state index is 13.6. The molecule has 4 rings (SSSR count). The van der Waals surface area contributed by atoms with E-state index in [2.05, 4.69) is 45.0 Å². The van der Waals surface area contributed by atoms with Crippen LogP contribution in [0.1, 0.15) is 66.9 Å². The summed E-state index contributed by atoms with van der Waals surface area (Å²) in [7, 11) is 0. The lowest BCUT2D eigenvalue weighted by Crippen LogP contribution is -2.28. The normalized spacial score (nSPS) is 16.3. The largest absolute Gasteiger partial charge is 0.462 e. The predicted molar refractivity (Wildman–Crippen MR) is 138 cm³/mol. The molecule has 1 aliphatic rings. The first-order valence-electron chi connectivity index (χ1n) is 11.7. The van der Waals surface area contributed by atoms with Crippen LogP contribution in [0.25, 0.3) is 10.2 Å². The fourth-order valence-corrected chi connectivity index (χ4v) is 6.18. The Hall–Kier alpha value is -2.16. The van der Waals surface area contributed by atoms with Crippen LogP contribution < -0.4 is 5.56 Å². The minimum atomic E-state index is -0.402. The second-order valence-electron chi connectivity index (χ2n) is 9.64. The van der Waals surface area contributed by atoms with Gasteiger partial charge in [0, 0.05) is 12.4 Å². The van der Waals surface area contributed by atoms with Gasteiger partial charge in [0.25, 0.3) is 5.56 Å². The Labute approximate surface area is 208 Å². The van der Waals surface area contributed by atoms with Crippen molar-refractivity contribution in [3.63, 3.8) is 0 Å². The lowest BCUT2D eigenvalue weighted by atomic mass is 9.87. The van der Waals surface area contributed by atoms with E-state index in [1.165, 1.54) is 22.5 Å². The zero-order valence-electron chi connectivity index (χ0n) is 20.5. The van der Waals surface area contributed by atoms with Gasteiger partial charge in [0.15, 0.2) is 5.16 Å². The summed E-state index contributed by atoms with van der Waals surface area (Å²) in [6.07, 6.45) is 1.94. The van der Waals surface area contributed by atoms with Crippen LogP contribution in [0.4, 0.5) is 0 Å². The lowest BCUT2D eigenvalue weighted by molar-refractivity contribution is 0.0531. The van der Waals surface area contributed by atoms with Gasteiger partial charge in [-0.15, -0.1) is 11.3 Å². The molecule has 2 aromatic heterocycles. The number of hydrogen-bond acceptors (Lipinski definition) is 7. The highest BCUT2D eigenvalue weighted by molar-refractivity contribution is 7.98. The molecule has 0 saturated carbocycles. The van der Waals surface area contributed by atoms with Gasteiger partial charge in [-0.3, -0.25) is 9.36 Å². The first kappa shape index (κ1) is 24.9. The number of aryl methyl sites for hydroxylation is 1. The number of fused-ring (bicyclic) bond motifs is 1. The van der Waals surface area contributed by atoms with Crippen LogP contribution in [0, 0.1) is 6.92 Å². The van der Waals surface area contributed by atoms with Crippen LogP contribution in [0.3, 0.4) is 0 Å². The zero-order valence-corrected chi connectivity index (χ0v) is 22.1. The first-order chi connectivity index (χ1) is 16.2. The topological polar surface area (TPSA) is 70.4 Å². The third-order valence-corrected chi connectivity index (χ3v) is 8.29. The second kappa shape index (κ2) is 10.2. The van der Waals surface area contributed by atoms with E-state index in [-0.39, 0.29) is 23.7 Å². The minimum absolute atomic E-state index is 0.00541. The molecule has 1 aliphatic heterocycles. The highest BCUT2D eigenvalue weighted by atomic mass is 32.2. The molecule has 0 bridgehead atoms. The van der Waals surface area contributed by atoms with E-state index in [1.54, 1.807) is 30.2 Å². The van der Waals surface area contributed by atoms with E-state index in [4.69, 9.17) is 14.5 Å². The average Bonchev–Trinajstić information content (AvgIpc) is 3.42. The van der Waals surface area contributed by atoms with E-state index in [9.17, 15) is 9.59 Å². The van der Waals surface area contributed by atoms with E-state index in [0.29, 0.717) is 38.1 Å². The van der Waals surface area contributed by atoms with Crippen molar-refractivity contribution in [2.45, 2.75) is 76.4 Å². The number of thioether (sulfide) groups is 1. The van der Waals surface area contributed by atoms with Crippen LogP contribution in [-0.4, -0.2) is 34.8 Å². The third kappa shape index (κ3) is 5.24. The molecule has 8 heteroatoms. The molecule has 1 saturated heterocycles. The van der Waals surface area contributed by atoms with Gasteiger partial charge in [-0.1, -0.05) is 56.8 Å². The summed E-state index contributed by atoms with van der Waals surface area (Å²) >= 11 is 2.78. The fraction of sp³-hybridized carbons (Fsp3) is 0.500. The van der Waals surface area contributed by atoms with E-state index in [0.717, 1.165) is 19.4 Å². The first-order valence-corrected chi connectivity index (χ1v) is 13.5. The number of esters is 1. The van der Waals surface area contributed by atoms with Crippen LogP contribution in [0.2, 0.25) is 0 Å². The highest BCUT2D eigenvalue weighted by Gasteiger charge is 2.25. The molecule has 1 atom stereocenters. The van der Waals surface area contributed by atoms with E-state index < -0.39 is 5.97 Å². The van der Waals surface area contributed by atoms with Crippen molar-refractivity contribution in [1.82, 2.24) is 9.55 Å². The molecule has 182 valence electrons. The molecule has 0 unspecified atom stereocenters. The van der Waals surface area contributed by atoms with Gasteiger partial charge in [-0.25, -0.2) is 9.78 Å². The number of rotatable bonds is 7. The number of aromatic nitrogens is 2. The number of carbonyl (C=O) groups excluding carboxylic acids is 1. The summed E-state index contributed by atoms with van der Waals surface area (Å²) in [5.41, 5.74) is 3.09. The summed E-state index contributed by atoms with van der Waals surface area (Å²) in [6.45, 7) is 11.7. The monoisotopic (exact) mass is 500 g/mol. The number of thiophene rings is 1. The summed E-state index contributed by atoms with van der Waals surface area (Å²) in [4.78, 5) is 31.9. The molecule has 0 spiro atoms. The Morgan fingerprint density at radius 1 is 1.29 bits per heavy atom. The van der Waals surface area contributed by atoms with Crippen molar-refractivity contribution in [3.05, 3.63) is 56.2 Å². The number of hydrogen-bond donors (Lipinski definition) is 0. The van der Waals surface area contributed by atoms with Crippen LogP contribution in [0.15, 0.2) is 34.2 Å². The molecule has 0 aliphatic carbocycles. The summed E-state index contributed by atoms with van der Waals surface area (Å²) in [5.74, 6) is 0.296. The third-order valence-electron chi connectivity index (χ3n) is 6.07. The summed E-state index contributed by atoms with van der Waals surface area (Å²) in [5, 5.41) is 1.16. The smallest absolute Gasteiger partial charge is 0.348 e. The maximum absolute atomic E-state index is 13.6. The molecule has 3 heterocycles. The molecule has 34 heavy (non-hydrogen) atoms. The maximum Gasteiger partial charge on any atom is 0.348 e. The fourth-order valence-electron chi connectivity index (χ4n) is 4.10. The number of carbonyl (C=O) groups is 1. The predicted octanol–water partition coefficient (Wildman–Crippen LogP) is 5.71. The summed E-state index contributed by atoms with van der Waals surface area (Å²) < 4.78 is 12.8. The molecule has 0 amide bonds. The Morgan fingerprint density at radius 3 is 2.65 bits per heavy atom. The number of benzene rings is 1. The van der Waals surface area contributed by atoms with Crippen molar-refractivity contribution in [2.75, 3.05) is 13.2 Å². The Kier molecular flexibility index (Phi) is 7.50. The summed E-state index contributed by atoms with van der Waals surface area (Å²) in [6, 6.07) is 8.62. The molecule has 0 radical (unpaired) electrons. The molecular formula is C26H32N2O4S2. The quantitative estimate of drug-likeness (QED) is 0.235. The molecule has 0 N–H and O–H groups in total. The highest BCUT2D eigenvalue weighted by Crippen LogP contribution is 2.31. The van der Waals surface area contributed by atoms with Crippen LogP contribution in [0.5, 0.6) is 0 Å². The van der Waals surface area contributed by atoms with Gasteiger partial charge >= 0.3 is 5.97 Å². The standard InChI is InChI=1S/C26H32N2O4S2/c1-6-31-24(30)21-16(2)20-22(34-21)27-25(28(23(20)29)14-19-8-7-13-32-19)33-15-17-9-11-18(12-10-17)26(3,4)5/h9-12,19H,6-8,13-15H2,1-5H3/t19-/m0/s1. The van der Waals surface area contributed by atoms with Crippen molar-refractivity contribution >= 4 is 39.3 Å².